The quantitative estimate of drug-likeness (QED) is 0.286. The molecule has 3 aromatic carbocycles. The zero-order valence-corrected chi connectivity index (χ0v) is 26.6. The fourth-order valence-electron chi connectivity index (χ4n) is 4.42. The lowest BCUT2D eigenvalue weighted by Gasteiger charge is -2.35. The van der Waals surface area contributed by atoms with Crippen LogP contribution < -0.4 is 19.1 Å². The molecule has 0 saturated heterocycles. The van der Waals surface area contributed by atoms with Crippen LogP contribution in [0.1, 0.15) is 39.7 Å². The summed E-state index contributed by atoms with van der Waals surface area (Å²) in [6.07, 6.45) is 0.247. The summed E-state index contributed by atoms with van der Waals surface area (Å²) >= 11 is 6.43. The van der Waals surface area contributed by atoms with Crippen molar-refractivity contribution in [3.05, 3.63) is 83.1 Å². The molecule has 0 aliphatic heterocycles. The topological polar surface area (TPSA) is 105 Å². The average Bonchev–Trinajstić information content (AvgIpc) is 2.95. The predicted octanol–water partition coefficient (Wildman–Crippen LogP) is 5.41. The molecule has 2 amide bonds. The number of carbonyl (C=O) groups is 2. The number of carbonyl (C=O) groups excluding carboxylic acids is 2. The van der Waals surface area contributed by atoms with Gasteiger partial charge in [-0.2, -0.15) is 0 Å². The lowest BCUT2D eigenvalue weighted by Crippen LogP contribution is -2.55. The number of benzene rings is 3. The first-order valence-corrected chi connectivity index (χ1v) is 15.4. The lowest BCUT2D eigenvalue weighted by molar-refractivity contribution is -0.141. The largest absolute Gasteiger partial charge is 0.493 e. The van der Waals surface area contributed by atoms with E-state index in [2.05, 4.69) is 5.32 Å². The molecule has 0 fully saturated rings. The van der Waals surface area contributed by atoms with Crippen LogP contribution in [0.25, 0.3) is 0 Å². The smallest absolute Gasteiger partial charge is 0.264 e. The van der Waals surface area contributed by atoms with Crippen LogP contribution in [-0.2, 0) is 26.2 Å². The summed E-state index contributed by atoms with van der Waals surface area (Å²) in [7, 11) is -1.62. The highest BCUT2D eigenvalue weighted by atomic mass is 35.5. The van der Waals surface area contributed by atoms with Crippen LogP contribution in [0.3, 0.4) is 0 Å². The van der Waals surface area contributed by atoms with Gasteiger partial charge in [0.05, 0.1) is 24.8 Å². The summed E-state index contributed by atoms with van der Waals surface area (Å²) in [6, 6.07) is 14.7. The first kappa shape index (κ1) is 33.7. The molecular formula is C31H37ClFN3O6S. The van der Waals surface area contributed by atoms with E-state index in [1.54, 1.807) is 31.2 Å². The highest BCUT2D eigenvalue weighted by Gasteiger charge is 2.35. The van der Waals surface area contributed by atoms with Crippen LogP contribution in [0, 0.1) is 5.82 Å². The number of ether oxygens (including phenoxy) is 2. The summed E-state index contributed by atoms with van der Waals surface area (Å²) in [5, 5.41) is 3.30. The molecule has 232 valence electrons. The molecule has 0 aliphatic rings. The summed E-state index contributed by atoms with van der Waals surface area (Å²) in [4.78, 5) is 28.7. The molecule has 0 saturated carbocycles. The van der Waals surface area contributed by atoms with Gasteiger partial charge in [-0.15, -0.1) is 0 Å². The van der Waals surface area contributed by atoms with E-state index in [-0.39, 0.29) is 29.3 Å². The molecule has 43 heavy (non-hydrogen) atoms. The Kier molecular flexibility index (Phi) is 11.0. The predicted molar refractivity (Wildman–Crippen MR) is 164 cm³/mol. The Morgan fingerprint density at radius 3 is 2.16 bits per heavy atom. The Labute approximate surface area is 257 Å². The molecule has 1 atom stereocenters. The van der Waals surface area contributed by atoms with Crippen molar-refractivity contribution >= 4 is 39.1 Å². The number of anilines is 1. The van der Waals surface area contributed by atoms with Gasteiger partial charge in [0, 0.05) is 23.2 Å². The number of hydrogen-bond acceptors (Lipinski definition) is 6. The van der Waals surface area contributed by atoms with E-state index >= 15 is 0 Å². The number of rotatable bonds is 12. The van der Waals surface area contributed by atoms with E-state index in [1.165, 1.54) is 49.5 Å². The SMILES string of the molecule is CCC(C(=O)NC(C)(C)C)N(Cc1ccccc1Cl)C(=O)CN(c1ccc(F)cc1)S(=O)(=O)c1ccc(OC)c(OC)c1. The molecule has 0 spiro atoms. The van der Waals surface area contributed by atoms with Gasteiger partial charge in [-0.25, -0.2) is 12.8 Å². The Balaban J connectivity index is 2.12. The van der Waals surface area contributed by atoms with Crippen molar-refractivity contribution in [2.24, 2.45) is 0 Å². The molecule has 0 heterocycles. The summed E-state index contributed by atoms with van der Waals surface area (Å²) in [6.45, 7) is 6.49. The van der Waals surface area contributed by atoms with Crippen molar-refractivity contribution < 1.29 is 31.9 Å². The van der Waals surface area contributed by atoms with E-state index in [0.717, 1.165) is 16.4 Å². The average molecular weight is 634 g/mol. The molecule has 9 nitrogen and oxygen atoms in total. The molecule has 0 aromatic heterocycles. The second-order valence-corrected chi connectivity index (χ2v) is 13.1. The minimum atomic E-state index is -4.41. The molecule has 3 rings (SSSR count). The van der Waals surface area contributed by atoms with Gasteiger partial charge in [0.25, 0.3) is 10.0 Å². The van der Waals surface area contributed by atoms with E-state index in [4.69, 9.17) is 21.1 Å². The Bertz CT molecular complexity index is 1540. The van der Waals surface area contributed by atoms with Gasteiger partial charge in [-0.3, -0.25) is 13.9 Å². The van der Waals surface area contributed by atoms with Gasteiger partial charge in [0.1, 0.15) is 18.4 Å². The molecular weight excluding hydrogens is 597 g/mol. The zero-order valence-electron chi connectivity index (χ0n) is 25.1. The Morgan fingerprint density at radius 2 is 1.60 bits per heavy atom. The second-order valence-electron chi connectivity index (χ2n) is 10.8. The molecule has 1 N–H and O–H groups in total. The maximum atomic E-state index is 14.2. The fourth-order valence-corrected chi connectivity index (χ4v) is 6.05. The van der Waals surface area contributed by atoms with Gasteiger partial charge < -0.3 is 19.7 Å². The molecule has 12 heteroatoms. The van der Waals surface area contributed by atoms with Crippen LogP contribution in [0.2, 0.25) is 5.02 Å². The van der Waals surface area contributed by atoms with E-state index in [0.29, 0.717) is 16.3 Å². The van der Waals surface area contributed by atoms with Crippen molar-refractivity contribution in [2.75, 3.05) is 25.1 Å². The van der Waals surface area contributed by atoms with Crippen molar-refractivity contribution in [2.45, 2.75) is 57.1 Å². The van der Waals surface area contributed by atoms with Crippen LogP contribution in [-0.4, -0.2) is 57.5 Å². The van der Waals surface area contributed by atoms with Crippen LogP contribution >= 0.6 is 11.6 Å². The zero-order chi connectivity index (χ0) is 31.9. The number of amides is 2. The lowest BCUT2D eigenvalue weighted by atomic mass is 10.1. The first-order valence-electron chi connectivity index (χ1n) is 13.6. The Hall–Kier alpha value is -3.83. The number of nitrogens with one attached hydrogen (secondary N) is 1. The standard InChI is InChI=1S/C31H37ClFN3O6S/c1-7-26(30(38)34-31(2,3)4)35(19-21-10-8-9-11-25(21)32)29(37)20-36(23-14-12-22(33)13-15-23)43(39,40)24-16-17-27(41-5)28(18-24)42-6/h8-18,26H,7,19-20H2,1-6H3,(H,34,38). The molecule has 3 aromatic rings. The van der Waals surface area contributed by atoms with Crippen LogP contribution in [0.4, 0.5) is 10.1 Å². The van der Waals surface area contributed by atoms with Gasteiger partial charge in [-0.05, 0) is 75.2 Å². The van der Waals surface area contributed by atoms with E-state index in [1.807, 2.05) is 20.8 Å². The third kappa shape index (κ3) is 8.39. The molecule has 1 unspecified atom stereocenters. The van der Waals surface area contributed by atoms with Gasteiger partial charge >= 0.3 is 0 Å². The van der Waals surface area contributed by atoms with Gasteiger partial charge in [-0.1, -0.05) is 36.7 Å². The Morgan fingerprint density at radius 1 is 0.977 bits per heavy atom. The minimum Gasteiger partial charge on any atom is -0.493 e. The number of halogens is 2. The third-order valence-corrected chi connectivity index (χ3v) is 8.66. The highest BCUT2D eigenvalue weighted by molar-refractivity contribution is 7.92. The number of methoxy groups -OCH3 is 2. The van der Waals surface area contributed by atoms with Gasteiger partial charge in [0.2, 0.25) is 11.8 Å². The number of nitrogens with zero attached hydrogens (tertiary/aromatic N) is 2. The van der Waals surface area contributed by atoms with Crippen LogP contribution in [0.5, 0.6) is 11.5 Å². The molecule has 0 radical (unpaired) electrons. The second kappa shape index (κ2) is 14.1. The fraction of sp³-hybridized carbons (Fsp3) is 0.355. The van der Waals surface area contributed by atoms with Crippen molar-refractivity contribution in [3.63, 3.8) is 0 Å². The first-order chi connectivity index (χ1) is 20.2. The summed E-state index contributed by atoms with van der Waals surface area (Å²) in [5.74, 6) is -1.16. The maximum absolute atomic E-state index is 14.2. The normalized spacial score (nSPS) is 12.3. The molecule has 0 aliphatic carbocycles. The van der Waals surface area contributed by atoms with Crippen molar-refractivity contribution in [3.8, 4) is 11.5 Å². The molecule has 0 bridgehead atoms. The third-order valence-electron chi connectivity index (χ3n) is 6.52. The van der Waals surface area contributed by atoms with E-state index in [9.17, 15) is 22.4 Å². The highest BCUT2D eigenvalue weighted by Crippen LogP contribution is 2.32. The maximum Gasteiger partial charge on any atom is 0.264 e. The number of sulfonamides is 1. The summed E-state index contributed by atoms with van der Waals surface area (Å²) < 4.78 is 53.4. The summed E-state index contributed by atoms with van der Waals surface area (Å²) in [5.41, 5.74) is 0.0468. The monoisotopic (exact) mass is 633 g/mol. The van der Waals surface area contributed by atoms with Crippen molar-refractivity contribution in [1.82, 2.24) is 10.2 Å². The van der Waals surface area contributed by atoms with E-state index < -0.39 is 45.8 Å². The number of hydrogen-bond donors (Lipinski definition) is 1. The van der Waals surface area contributed by atoms with Gasteiger partial charge in [0.15, 0.2) is 11.5 Å². The van der Waals surface area contributed by atoms with Crippen molar-refractivity contribution in [1.29, 1.82) is 0 Å². The van der Waals surface area contributed by atoms with Crippen LogP contribution in [0.15, 0.2) is 71.6 Å². The minimum absolute atomic E-state index is 0.0504.